The van der Waals surface area contributed by atoms with Gasteiger partial charge in [-0.1, -0.05) is 36.4 Å². The van der Waals surface area contributed by atoms with Crippen LogP contribution in [0.5, 0.6) is 0 Å². The molecule has 0 bridgehead atoms. The predicted molar refractivity (Wildman–Crippen MR) is 85.9 cm³/mol. The van der Waals surface area contributed by atoms with Crippen LogP contribution in [0.25, 0.3) is 0 Å². The molecule has 2 aromatic rings. The van der Waals surface area contributed by atoms with Crippen molar-refractivity contribution in [2.75, 3.05) is 11.6 Å². The van der Waals surface area contributed by atoms with Crippen LogP contribution in [0.4, 0.5) is 5.69 Å². The minimum Gasteiger partial charge on any atom is -0.479 e. The van der Waals surface area contributed by atoms with Gasteiger partial charge >= 0.3 is 5.97 Å². The topological polar surface area (TPSA) is 49.3 Å². The summed E-state index contributed by atoms with van der Waals surface area (Å²) in [5.41, 5.74) is 1.55. The lowest BCUT2D eigenvalue weighted by Gasteiger charge is -2.16. The third-order valence-corrected chi connectivity index (χ3v) is 3.49. The van der Waals surface area contributed by atoms with Crippen molar-refractivity contribution in [3.05, 3.63) is 60.2 Å². The number of rotatable bonds is 5. The molecule has 0 amide bonds. The van der Waals surface area contributed by atoms with E-state index < -0.39 is 12.0 Å². The van der Waals surface area contributed by atoms with E-state index in [9.17, 15) is 9.90 Å². The van der Waals surface area contributed by atoms with E-state index in [1.165, 1.54) is 0 Å². The normalized spacial score (nSPS) is 11.2. The monoisotopic (exact) mass is 309 g/mol. The van der Waals surface area contributed by atoms with Crippen LogP contribution < -0.4 is 5.32 Å². The van der Waals surface area contributed by atoms with Crippen molar-refractivity contribution >= 4 is 35.8 Å². The van der Waals surface area contributed by atoms with Gasteiger partial charge in [0, 0.05) is 10.6 Å². The lowest BCUT2D eigenvalue weighted by Crippen LogP contribution is -2.20. The second-order valence-corrected chi connectivity index (χ2v) is 4.94. The van der Waals surface area contributed by atoms with E-state index in [2.05, 4.69) is 5.32 Å². The Balaban J connectivity index is 0.00000200. The van der Waals surface area contributed by atoms with Gasteiger partial charge in [0.25, 0.3) is 0 Å². The van der Waals surface area contributed by atoms with Crippen LogP contribution in [0.1, 0.15) is 11.6 Å². The number of anilines is 1. The number of thioether (sulfide) groups is 1. The largest absolute Gasteiger partial charge is 0.479 e. The first-order valence-electron chi connectivity index (χ1n) is 5.89. The average molecular weight is 310 g/mol. The van der Waals surface area contributed by atoms with Crippen molar-refractivity contribution < 1.29 is 9.90 Å². The molecule has 1 atom stereocenters. The molecule has 0 saturated carbocycles. The van der Waals surface area contributed by atoms with Gasteiger partial charge in [0.05, 0.1) is 0 Å². The number of carboxylic acid groups (broad SMARTS) is 1. The fourth-order valence-electron chi connectivity index (χ4n) is 1.81. The first-order valence-corrected chi connectivity index (χ1v) is 7.11. The van der Waals surface area contributed by atoms with Crippen molar-refractivity contribution in [3.8, 4) is 0 Å². The first-order chi connectivity index (χ1) is 9.20. The number of hydrogen-bond acceptors (Lipinski definition) is 3. The zero-order valence-electron chi connectivity index (χ0n) is 10.9. The molecule has 0 radical (unpaired) electrons. The molecule has 20 heavy (non-hydrogen) atoms. The van der Waals surface area contributed by atoms with Crippen molar-refractivity contribution in [2.24, 2.45) is 0 Å². The average Bonchev–Trinajstić information content (AvgIpc) is 2.45. The maximum absolute atomic E-state index is 11.4. The van der Waals surface area contributed by atoms with Gasteiger partial charge in [0.15, 0.2) is 6.04 Å². The van der Waals surface area contributed by atoms with Gasteiger partial charge in [-0.25, -0.2) is 4.79 Å². The molecule has 0 heterocycles. The quantitative estimate of drug-likeness (QED) is 0.818. The van der Waals surface area contributed by atoms with E-state index in [-0.39, 0.29) is 12.4 Å². The summed E-state index contributed by atoms with van der Waals surface area (Å²) in [6.07, 6.45) is 1.99. The van der Waals surface area contributed by atoms with E-state index in [4.69, 9.17) is 0 Å². The number of benzene rings is 2. The van der Waals surface area contributed by atoms with E-state index in [0.717, 1.165) is 16.1 Å². The number of carboxylic acids is 1. The molecule has 0 aliphatic rings. The van der Waals surface area contributed by atoms with Crippen LogP contribution in [0.2, 0.25) is 0 Å². The predicted octanol–water partition coefficient (Wildman–Crippen LogP) is 4.07. The molecule has 0 spiro atoms. The van der Waals surface area contributed by atoms with Crippen molar-refractivity contribution in [3.63, 3.8) is 0 Å². The maximum atomic E-state index is 11.4. The highest BCUT2D eigenvalue weighted by Gasteiger charge is 2.19. The molecule has 0 aromatic heterocycles. The Morgan fingerprint density at radius 2 is 1.85 bits per heavy atom. The molecular formula is C15H16ClNO2S. The minimum atomic E-state index is -0.888. The number of hydrogen-bond donors (Lipinski definition) is 2. The zero-order chi connectivity index (χ0) is 13.7. The van der Waals surface area contributed by atoms with Crippen molar-refractivity contribution in [2.45, 2.75) is 10.9 Å². The van der Waals surface area contributed by atoms with Gasteiger partial charge in [0.1, 0.15) is 0 Å². The van der Waals surface area contributed by atoms with Crippen LogP contribution in [-0.4, -0.2) is 17.3 Å². The fraction of sp³-hybridized carbons (Fsp3) is 0.133. The lowest BCUT2D eigenvalue weighted by atomic mass is 10.1. The van der Waals surface area contributed by atoms with Gasteiger partial charge in [-0.2, -0.15) is 0 Å². The maximum Gasteiger partial charge on any atom is 0.330 e. The van der Waals surface area contributed by atoms with E-state index >= 15 is 0 Å². The Labute approximate surface area is 128 Å². The molecule has 2 rings (SSSR count). The molecule has 0 aliphatic carbocycles. The molecule has 2 N–H and O–H groups in total. The summed E-state index contributed by atoms with van der Waals surface area (Å²) in [5.74, 6) is -0.888. The van der Waals surface area contributed by atoms with E-state index in [1.807, 2.05) is 60.9 Å². The van der Waals surface area contributed by atoms with Gasteiger partial charge in [0.2, 0.25) is 0 Å². The third-order valence-electron chi connectivity index (χ3n) is 2.76. The van der Waals surface area contributed by atoms with Crippen molar-refractivity contribution in [1.82, 2.24) is 0 Å². The van der Waals surface area contributed by atoms with Gasteiger partial charge in [-0.05, 0) is 30.0 Å². The van der Waals surface area contributed by atoms with Crippen molar-refractivity contribution in [1.29, 1.82) is 0 Å². The van der Waals surface area contributed by atoms with Crippen LogP contribution >= 0.6 is 24.2 Å². The number of halogens is 1. The Bertz CT molecular complexity index is 563. The summed E-state index contributed by atoms with van der Waals surface area (Å²) in [5, 5.41) is 12.4. The molecule has 5 heteroatoms. The number of aliphatic carboxylic acids is 1. The number of nitrogens with one attached hydrogen (secondary N) is 1. The first kappa shape index (κ1) is 16.4. The zero-order valence-corrected chi connectivity index (χ0v) is 12.6. The number of carbonyl (C=O) groups is 1. The van der Waals surface area contributed by atoms with Gasteiger partial charge < -0.3 is 10.4 Å². The molecule has 106 valence electrons. The summed E-state index contributed by atoms with van der Waals surface area (Å²) in [7, 11) is 0. The smallest absolute Gasteiger partial charge is 0.330 e. The second kappa shape index (κ2) is 7.82. The Hall–Kier alpha value is -1.65. The molecule has 0 saturated heterocycles. The van der Waals surface area contributed by atoms with Crippen LogP contribution in [0.3, 0.4) is 0 Å². The van der Waals surface area contributed by atoms with E-state index in [0.29, 0.717) is 0 Å². The van der Waals surface area contributed by atoms with Gasteiger partial charge in [-0.3, -0.25) is 0 Å². The van der Waals surface area contributed by atoms with E-state index in [1.54, 1.807) is 11.8 Å². The summed E-state index contributed by atoms with van der Waals surface area (Å²) in [4.78, 5) is 12.5. The van der Waals surface area contributed by atoms with Crippen LogP contribution in [0, 0.1) is 0 Å². The summed E-state index contributed by atoms with van der Waals surface area (Å²) in [6, 6.07) is 16.2. The molecule has 0 fully saturated rings. The van der Waals surface area contributed by atoms with Crippen LogP contribution in [0.15, 0.2) is 59.5 Å². The van der Waals surface area contributed by atoms with Crippen LogP contribution in [-0.2, 0) is 4.79 Å². The minimum absolute atomic E-state index is 0. The Morgan fingerprint density at radius 1 is 1.15 bits per heavy atom. The highest BCUT2D eigenvalue weighted by molar-refractivity contribution is 7.98. The Morgan fingerprint density at radius 3 is 2.45 bits per heavy atom. The Kier molecular flexibility index (Phi) is 6.42. The summed E-state index contributed by atoms with van der Waals surface area (Å²) >= 11 is 1.63. The molecule has 0 aliphatic heterocycles. The third kappa shape index (κ3) is 4.18. The second-order valence-electron chi connectivity index (χ2n) is 4.06. The molecule has 2 aromatic carbocycles. The molecule has 3 nitrogen and oxygen atoms in total. The van der Waals surface area contributed by atoms with Gasteiger partial charge in [-0.15, -0.1) is 24.2 Å². The fourth-order valence-corrected chi connectivity index (χ4v) is 2.27. The molecular weight excluding hydrogens is 294 g/mol. The highest BCUT2D eigenvalue weighted by Crippen LogP contribution is 2.23. The lowest BCUT2D eigenvalue weighted by molar-refractivity contribution is -0.138. The SMILES string of the molecule is CSc1cccc(NC(C(=O)O)c2ccccc2)c1.Cl. The molecule has 1 unspecified atom stereocenters. The summed E-state index contributed by atoms with van der Waals surface area (Å²) < 4.78 is 0. The standard InChI is InChI=1S/C15H15NO2S.ClH/c1-19-13-9-5-8-12(10-13)16-14(15(17)18)11-6-3-2-4-7-11;/h2-10,14,16H,1H3,(H,17,18);1H. The highest BCUT2D eigenvalue weighted by atomic mass is 35.5. The summed E-state index contributed by atoms with van der Waals surface area (Å²) in [6.45, 7) is 0.